The van der Waals surface area contributed by atoms with Gasteiger partial charge in [-0.15, -0.1) is 24.8 Å². The molecular formula is C11H25Cl2N3O. The van der Waals surface area contributed by atoms with Gasteiger partial charge in [-0.3, -0.25) is 4.79 Å². The molecule has 0 aromatic heterocycles. The van der Waals surface area contributed by atoms with Gasteiger partial charge in [-0.1, -0.05) is 6.92 Å². The summed E-state index contributed by atoms with van der Waals surface area (Å²) in [6, 6.07) is 0.507. The molecule has 0 spiro atoms. The van der Waals surface area contributed by atoms with Gasteiger partial charge >= 0.3 is 0 Å². The Morgan fingerprint density at radius 2 is 2.06 bits per heavy atom. The lowest BCUT2D eigenvalue weighted by molar-refractivity contribution is -0.136. The first-order valence-corrected chi connectivity index (χ1v) is 5.71. The molecule has 6 heteroatoms. The highest BCUT2D eigenvalue weighted by atomic mass is 35.5. The second kappa shape index (κ2) is 8.97. The quantitative estimate of drug-likeness (QED) is 0.841. The Morgan fingerprint density at radius 1 is 1.47 bits per heavy atom. The van der Waals surface area contributed by atoms with Crippen LogP contribution < -0.4 is 5.73 Å². The van der Waals surface area contributed by atoms with Crippen molar-refractivity contribution in [3.8, 4) is 0 Å². The van der Waals surface area contributed by atoms with Crippen LogP contribution >= 0.6 is 24.8 Å². The molecule has 1 aliphatic rings. The van der Waals surface area contributed by atoms with E-state index in [1.165, 1.54) is 6.42 Å². The van der Waals surface area contributed by atoms with Gasteiger partial charge in [0.1, 0.15) is 0 Å². The lowest BCUT2D eigenvalue weighted by Crippen LogP contribution is -2.49. The van der Waals surface area contributed by atoms with E-state index < -0.39 is 0 Å². The largest absolute Gasteiger partial charge is 0.341 e. The second-order valence-corrected chi connectivity index (χ2v) is 4.68. The Kier molecular flexibility index (Phi) is 10.2. The molecule has 17 heavy (non-hydrogen) atoms. The van der Waals surface area contributed by atoms with Gasteiger partial charge in [0.05, 0.1) is 0 Å². The van der Waals surface area contributed by atoms with Crippen LogP contribution in [0.3, 0.4) is 0 Å². The summed E-state index contributed by atoms with van der Waals surface area (Å²) in [5.74, 6) is 0.176. The fourth-order valence-electron chi connectivity index (χ4n) is 1.99. The van der Waals surface area contributed by atoms with Crippen molar-refractivity contribution in [1.82, 2.24) is 9.80 Å². The first-order valence-electron chi connectivity index (χ1n) is 5.71. The smallest absolute Gasteiger partial charge is 0.226 e. The molecule has 4 nitrogen and oxygen atoms in total. The van der Waals surface area contributed by atoms with E-state index >= 15 is 0 Å². The predicted octanol–water partition coefficient (Wildman–Crippen LogP) is 0.977. The number of carbonyl (C=O) groups is 1. The van der Waals surface area contributed by atoms with Gasteiger partial charge in [0.15, 0.2) is 0 Å². The van der Waals surface area contributed by atoms with Crippen LogP contribution in [0, 0.1) is 5.92 Å². The lowest BCUT2D eigenvalue weighted by atomic mass is 10.0. The standard InChI is InChI=1S/C11H23N3O.2ClH/c1-9(7-12)11(15)14-6-4-5-10(8-14)13(2)3;;/h9-10H,4-8,12H2,1-3H3;2*1H. The van der Waals surface area contributed by atoms with E-state index in [0.29, 0.717) is 12.6 Å². The molecule has 0 aliphatic carbocycles. The zero-order chi connectivity index (χ0) is 11.4. The third kappa shape index (κ3) is 5.42. The molecule has 1 aliphatic heterocycles. The molecule has 1 heterocycles. The van der Waals surface area contributed by atoms with Gasteiger partial charge in [-0.05, 0) is 26.9 Å². The first-order chi connectivity index (χ1) is 7.06. The maximum Gasteiger partial charge on any atom is 0.226 e. The Hall–Kier alpha value is -0.0300. The first kappa shape index (κ1) is 19.3. The number of rotatable bonds is 3. The van der Waals surface area contributed by atoms with E-state index in [0.717, 1.165) is 19.5 Å². The molecule has 0 aromatic rings. The van der Waals surface area contributed by atoms with E-state index in [1.54, 1.807) is 0 Å². The van der Waals surface area contributed by atoms with E-state index in [2.05, 4.69) is 19.0 Å². The number of halogens is 2. The summed E-state index contributed by atoms with van der Waals surface area (Å²) in [4.78, 5) is 16.1. The Balaban J connectivity index is 0. The summed E-state index contributed by atoms with van der Waals surface area (Å²) >= 11 is 0. The van der Waals surface area contributed by atoms with Crippen LogP contribution in [0.15, 0.2) is 0 Å². The second-order valence-electron chi connectivity index (χ2n) is 4.68. The fraction of sp³-hybridized carbons (Fsp3) is 0.909. The Morgan fingerprint density at radius 3 is 2.53 bits per heavy atom. The fourth-order valence-corrected chi connectivity index (χ4v) is 1.99. The maximum atomic E-state index is 11.9. The van der Waals surface area contributed by atoms with Crippen molar-refractivity contribution in [3.63, 3.8) is 0 Å². The minimum Gasteiger partial charge on any atom is -0.341 e. The molecule has 2 atom stereocenters. The van der Waals surface area contributed by atoms with Crippen LogP contribution in [0.4, 0.5) is 0 Å². The van der Waals surface area contributed by atoms with E-state index in [1.807, 2.05) is 11.8 Å². The van der Waals surface area contributed by atoms with Crippen LogP contribution in [0.25, 0.3) is 0 Å². The summed E-state index contributed by atoms with van der Waals surface area (Å²) in [6.45, 7) is 4.10. The van der Waals surface area contributed by atoms with Crippen molar-refractivity contribution in [2.24, 2.45) is 11.7 Å². The minimum atomic E-state index is -0.0362. The van der Waals surface area contributed by atoms with Crippen molar-refractivity contribution < 1.29 is 4.79 Å². The van der Waals surface area contributed by atoms with Crippen LogP contribution in [-0.2, 0) is 4.79 Å². The average molecular weight is 286 g/mol. The number of nitrogens with zero attached hydrogens (tertiary/aromatic N) is 2. The van der Waals surface area contributed by atoms with Gasteiger partial charge in [-0.25, -0.2) is 0 Å². The van der Waals surface area contributed by atoms with Gasteiger partial charge in [-0.2, -0.15) is 0 Å². The zero-order valence-electron chi connectivity index (χ0n) is 10.9. The summed E-state index contributed by atoms with van der Waals surface area (Å²) in [5, 5.41) is 0. The molecule has 1 rings (SSSR count). The number of likely N-dealkylation sites (tertiary alicyclic amines) is 1. The average Bonchev–Trinajstić information content (AvgIpc) is 2.27. The topological polar surface area (TPSA) is 49.6 Å². The molecule has 0 aromatic carbocycles. The number of amides is 1. The minimum absolute atomic E-state index is 0. The lowest BCUT2D eigenvalue weighted by Gasteiger charge is -2.37. The molecule has 0 saturated carbocycles. The summed E-state index contributed by atoms with van der Waals surface area (Å²) in [5.41, 5.74) is 5.52. The van der Waals surface area contributed by atoms with Crippen molar-refractivity contribution in [3.05, 3.63) is 0 Å². The molecule has 1 saturated heterocycles. The van der Waals surface area contributed by atoms with Gasteiger partial charge in [0.2, 0.25) is 5.91 Å². The molecule has 2 unspecified atom stereocenters. The van der Waals surface area contributed by atoms with Crippen LogP contribution in [0.5, 0.6) is 0 Å². The van der Waals surface area contributed by atoms with Gasteiger partial charge < -0.3 is 15.5 Å². The molecule has 0 bridgehead atoms. The number of hydrogen-bond acceptors (Lipinski definition) is 3. The Labute approximate surface area is 117 Å². The highest BCUT2D eigenvalue weighted by Gasteiger charge is 2.26. The SMILES string of the molecule is CC(CN)C(=O)N1CCCC(N(C)C)C1.Cl.Cl. The van der Waals surface area contributed by atoms with Crippen molar-refractivity contribution in [1.29, 1.82) is 0 Å². The van der Waals surface area contributed by atoms with Gasteiger partial charge in [0.25, 0.3) is 0 Å². The third-order valence-electron chi connectivity index (χ3n) is 3.21. The molecule has 1 fully saturated rings. The monoisotopic (exact) mass is 285 g/mol. The predicted molar refractivity (Wildman–Crippen MR) is 76.0 cm³/mol. The summed E-state index contributed by atoms with van der Waals surface area (Å²) in [7, 11) is 4.15. The summed E-state index contributed by atoms with van der Waals surface area (Å²) < 4.78 is 0. The molecular weight excluding hydrogens is 261 g/mol. The van der Waals surface area contributed by atoms with E-state index in [9.17, 15) is 4.79 Å². The molecule has 1 amide bonds. The number of likely N-dealkylation sites (N-methyl/N-ethyl adjacent to an activating group) is 1. The number of hydrogen-bond donors (Lipinski definition) is 1. The molecule has 2 N–H and O–H groups in total. The highest BCUT2D eigenvalue weighted by Crippen LogP contribution is 2.15. The van der Waals surface area contributed by atoms with Crippen LogP contribution in [0.1, 0.15) is 19.8 Å². The van der Waals surface area contributed by atoms with Crippen molar-refractivity contribution >= 4 is 30.7 Å². The van der Waals surface area contributed by atoms with E-state index in [4.69, 9.17) is 5.73 Å². The van der Waals surface area contributed by atoms with Crippen molar-refractivity contribution in [2.75, 3.05) is 33.7 Å². The molecule has 104 valence electrons. The number of carbonyl (C=O) groups excluding carboxylic acids is 1. The number of nitrogens with two attached hydrogens (primary N) is 1. The summed E-state index contributed by atoms with van der Waals surface area (Å²) in [6.07, 6.45) is 2.29. The normalized spacial score (nSPS) is 21.5. The Bertz CT molecular complexity index is 227. The van der Waals surface area contributed by atoms with Gasteiger partial charge in [0, 0.05) is 31.6 Å². The zero-order valence-corrected chi connectivity index (χ0v) is 12.5. The molecule has 0 radical (unpaired) electrons. The maximum absolute atomic E-state index is 11.9. The van der Waals surface area contributed by atoms with Crippen LogP contribution in [-0.4, -0.2) is 55.5 Å². The van der Waals surface area contributed by atoms with Crippen LogP contribution in [0.2, 0.25) is 0 Å². The van der Waals surface area contributed by atoms with Crippen molar-refractivity contribution in [2.45, 2.75) is 25.8 Å². The third-order valence-corrected chi connectivity index (χ3v) is 3.21. The van der Waals surface area contributed by atoms with E-state index in [-0.39, 0.29) is 36.6 Å². The highest BCUT2D eigenvalue weighted by molar-refractivity contribution is 5.85. The number of piperidine rings is 1.